The fraction of sp³-hybridized carbons (Fsp3) is 0. The SMILES string of the molecule is c1ccc(-c2cccc3c2sc2c(N(c4ccc(-c5ccc6ccccc6c5)cc4)c4ccc(-c5ccc6oc7ccccc7c6c5)cc4)cccc23)cc1. The molecule has 11 rings (SSSR count). The molecule has 0 aliphatic rings. The molecular formula is C52H33NOS. The first-order valence-electron chi connectivity index (χ1n) is 18.7. The van der Waals surface area contributed by atoms with E-state index in [0.717, 1.165) is 50.1 Å². The summed E-state index contributed by atoms with van der Waals surface area (Å²) in [7, 11) is 0. The van der Waals surface area contributed by atoms with Gasteiger partial charge in [0, 0.05) is 37.6 Å². The fourth-order valence-corrected chi connectivity index (χ4v) is 9.47. The van der Waals surface area contributed by atoms with E-state index in [9.17, 15) is 0 Å². The molecule has 0 unspecified atom stereocenters. The molecule has 0 saturated carbocycles. The van der Waals surface area contributed by atoms with Gasteiger partial charge in [0.25, 0.3) is 0 Å². The smallest absolute Gasteiger partial charge is 0.135 e. The van der Waals surface area contributed by atoms with Crippen LogP contribution < -0.4 is 4.90 Å². The summed E-state index contributed by atoms with van der Waals surface area (Å²) in [4.78, 5) is 2.42. The molecule has 0 fully saturated rings. The van der Waals surface area contributed by atoms with Crippen LogP contribution in [0, 0.1) is 0 Å². The van der Waals surface area contributed by atoms with Gasteiger partial charge >= 0.3 is 0 Å². The summed E-state index contributed by atoms with van der Waals surface area (Å²) in [6.45, 7) is 0. The third-order valence-electron chi connectivity index (χ3n) is 10.9. The van der Waals surface area contributed by atoms with Crippen LogP contribution in [0.2, 0.25) is 0 Å². The fourth-order valence-electron chi connectivity index (χ4n) is 8.13. The molecule has 0 spiro atoms. The lowest BCUT2D eigenvalue weighted by molar-refractivity contribution is 0.669. The van der Waals surface area contributed by atoms with Crippen LogP contribution in [0.5, 0.6) is 0 Å². The predicted molar refractivity (Wildman–Crippen MR) is 235 cm³/mol. The first-order chi connectivity index (χ1) is 27.2. The van der Waals surface area contributed by atoms with Crippen LogP contribution in [0.1, 0.15) is 0 Å². The number of benzene rings is 9. The third-order valence-corrected chi connectivity index (χ3v) is 12.2. The van der Waals surface area contributed by atoms with Gasteiger partial charge in [0.2, 0.25) is 0 Å². The van der Waals surface area contributed by atoms with Crippen molar-refractivity contribution in [3.63, 3.8) is 0 Å². The number of para-hydroxylation sites is 1. The maximum absolute atomic E-state index is 6.13. The van der Waals surface area contributed by atoms with Crippen LogP contribution in [0.4, 0.5) is 17.1 Å². The van der Waals surface area contributed by atoms with Crippen LogP contribution in [0.25, 0.3) is 86.3 Å². The number of hydrogen-bond donors (Lipinski definition) is 0. The zero-order valence-electron chi connectivity index (χ0n) is 29.8. The molecule has 0 N–H and O–H groups in total. The van der Waals surface area contributed by atoms with Crippen LogP contribution in [-0.2, 0) is 0 Å². The summed E-state index contributed by atoms with van der Waals surface area (Å²) in [5.41, 5.74) is 12.4. The molecule has 9 aromatic carbocycles. The summed E-state index contributed by atoms with van der Waals surface area (Å²) in [5.74, 6) is 0. The maximum atomic E-state index is 6.13. The van der Waals surface area contributed by atoms with E-state index in [4.69, 9.17) is 4.42 Å². The number of fused-ring (bicyclic) bond motifs is 7. The first kappa shape index (κ1) is 31.6. The Kier molecular flexibility index (Phi) is 7.39. The van der Waals surface area contributed by atoms with E-state index in [2.05, 4.69) is 193 Å². The molecule has 0 aliphatic heterocycles. The quantitative estimate of drug-likeness (QED) is 0.170. The second-order valence-corrected chi connectivity index (χ2v) is 15.1. The van der Waals surface area contributed by atoms with E-state index >= 15 is 0 Å². The molecule has 55 heavy (non-hydrogen) atoms. The van der Waals surface area contributed by atoms with Gasteiger partial charge in [-0.05, 0) is 98.8 Å². The van der Waals surface area contributed by atoms with Gasteiger partial charge < -0.3 is 9.32 Å². The van der Waals surface area contributed by atoms with Gasteiger partial charge in [-0.3, -0.25) is 0 Å². The van der Waals surface area contributed by atoms with Crippen LogP contribution >= 0.6 is 11.3 Å². The first-order valence-corrected chi connectivity index (χ1v) is 19.5. The van der Waals surface area contributed by atoms with Crippen molar-refractivity contribution in [3.8, 4) is 33.4 Å². The highest BCUT2D eigenvalue weighted by molar-refractivity contribution is 7.27. The van der Waals surface area contributed by atoms with Crippen molar-refractivity contribution < 1.29 is 4.42 Å². The predicted octanol–water partition coefficient (Wildman–Crippen LogP) is 15.6. The summed E-state index contributed by atoms with van der Waals surface area (Å²) < 4.78 is 8.70. The van der Waals surface area contributed by atoms with E-state index in [0.29, 0.717) is 0 Å². The zero-order chi connectivity index (χ0) is 36.3. The van der Waals surface area contributed by atoms with Gasteiger partial charge in [-0.2, -0.15) is 0 Å². The second-order valence-electron chi connectivity index (χ2n) is 14.1. The Hall–Kier alpha value is -6.94. The molecule has 2 heterocycles. The lowest BCUT2D eigenvalue weighted by Crippen LogP contribution is -2.10. The Bertz CT molecular complexity index is 3190. The normalized spacial score (nSPS) is 11.6. The molecule has 3 heteroatoms. The largest absolute Gasteiger partial charge is 0.456 e. The average Bonchev–Trinajstić information content (AvgIpc) is 3.83. The van der Waals surface area contributed by atoms with E-state index in [1.807, 2.05) is 23.5 Å². The van der Waals surface area contributed by atoms with Gasteiger partial charge in [0.05, 0.1) is 10.4 Å². The van der Waals surface area contributed by atoms with Gasteiger partial charge in [-0.1, -0.05) is 146 Å². The highest BCUT2D eigenvalue weighted by Gasteiger charge is 2.20. The molecule has 2 aromatic heterocycles. The Labute approximate surface area is 322 Å². The molecule has 0 saturated heterocycles. The number of furan rings is 1. The monoisotopic (exact) mass is 719 g/mol. The standard InChI is InChI=1S/C52H33NOS/c1-2-11-37(12-3-1)43-15-8-16-45-46-17-9-18-48(52(46)55-51(43)45)53(41-27-22-35(23-28-41)39-21-20-34-10-4-5-13-38(34)32-39)42-29-24-36(25-30-42)40-26-31-50-47(33-40)44-14-6-7-19-49(44)54-50/h1-33H. The molecular weight excluding hydrogens is 687 g/mol. The lowest BCUT2D eigenvalue weighted by Gasteiger charge is -2.26. The number of rotatable bonds is 6. The number of nitrogens with zero attached hydrogens (tertiary/aromatic N) is 1. The Morgan fingerprint density at radius 1 is 0.345 bits per heavy atom. The van der Waals surface area contributed by atoms with Gasteiger partial charge in [0.15, 0.2) is 0 Å². The minimum absolute atomic E-state index is 0.909. The molecule has 0 atom stereocenters. The third kappa shape index (κ3) is 5.40. The summed E-state index contributed by atoms with van der Waals surface area (Å²) >= 11 is 1.88. The highest BCUT2D eigenvalue weighted by Crippen LogP contribution is 2.47. The molecule has 0 radical (unpaired) electrons. The van der Waals surface area contributed by atoms with Crippen molar-refractivity contribution in [2.24, 2.45) is 0 Å². The summed E-state index contributed by atoms with van der Waals surface area (Å²) in [6.07, 6.45) is 0. The summed E-state index contributed by atoms with van der Waals surface area (Å²) in [5, 5.41) is 7.33. The molecule has 0 bridgehead atoms. The van der Waals surface area contributed by atoms with Gasteiger partial charge in [-0.15, -0.1) is 11.3 Å². The Morgan fingerprint density at radius 3 is 1.71 bits per heavy atom. The highest BCUT2D eigenvalue weighted by atomic mass is 32.1. The average molecular weight is 720 g/mol. The molecule has 11 aromatic rings. The van der Waals surface area contributed by atoms with Crippen molar-refractivity contribution in [1.29, 1.82) is 0 Å². The van der Waals surface area contributed by atoms with Crippen LogP contribution in [0.3, 0.4) is 0 Å². The Balaban J connectivity index is 1.05. The van der Waals surface area contributed by atoms with Gasteiger partial charge in [-0.25, -0.2) is 0 Å². The van der Waals surface area contributed by atoms with Crippen molar-refractivity contribution in [1.82, 2.24) is 0 Å². The molecule has 0 amide bonds. The molecule has 0 aliphatic carbocycles. The van der Waals surface area contributed by atoms with E-state index in [1.165, 1.54) is 53.2 Å². The number of hydrogen-bond acceptors (Lipinski definition) is 3. The van der Waals surface area contributed by atoms with Crippen molar-refractivity contribution in [3.05, 3.63) is 200 Å². The topological polar surface area (TPSA) is 16.4 Å². The van der Waals surface area contributed by atoms with Crippen molar-refractivity contribution in [2.45, 2.75) is 0 Å². The second kappa shape index (κ2) is 12.9. The number of anilines is 3. The lowest BCUT2D eigenvalue weighted by atomic mass is 10.0. The van der Waals surface area contributed by atoms with Gasteiger partial charge in [0.1, 0.15) is 11.2 Å². The maximum Gasteiger partial charge on any atom is 0.135 e. The van der Waals surface area contributed by atoms with E-state index in [-0.39, 0.29) is 0 Å². The molecule has 258 valence electrons. The number of thiophene rings is 1. The van der Waals surface area contributed by atoms with Crippen LogP contribution in [0.15, 0.2) is 205 Å². The van der Waals surface area contributed by atoms with E-state index < -0.39 is 0 Å². The minimum atomic E-state index is 0.909. The van der Waals surface area contributed by atoms with Crippen molar-refractivity contribution in [2.75, 3.05) is 4.90 Å². The van der Waals surface area contributed by atoms with Crippen molar-refractivity contribution >= 4 is 81.3 Å². The Morgan fingerprint density at radius 2 is 0.927 bits per heavy atom. The summed E-state index contributed by atoms with van der Waals surface area (Å²) in [6, 6.07) is 72.2. The molecule has 2 nitrogen and oxygen atoms in total. The minimum Gasteiger partial charge on any atom is -0.456 e. The van der Waals surface area contributed by atoms with E-state index in [1.54, 1.807) is 0 Å². The van der Waals surface area contributed by atoms with Crippen LogP contribution in [-0.4, -0.2) is 0 Å². The zero-order valence-corrected chi connectivity index (χ0v) is 30.6.